The molecule has 0 radical (unpaired) electrons. The third kappa shape index (κ3) is 3.50. The number of sulfone groups is 1. The van der Waals surface area contributed by atoms with Gasteiger partial charge >= 0.3 is 0 Å². The fourth-order valence-corrected chi connectivity index (χ4v) is 3.60. The standard InChI is InChI=1S/C18H15F3N2O2S/c1-18(20,21)15-9-14(12-3-5-13(19)6-4-12)17(26(2,24)25)10-16(15)23-8-7-22-11-23/h3-11H,1-2H3. The van der Waals surface area contributed by atoms with Crippen LogP contribution in [0.3, 0.4) is 0 Å². The number of hydrogen-bond donors (Lipinski definition) is 0. The van der Waals surface area contributed by atoms with Crippen LogP contribution < -0.4 is 0 Å². The molecule has 0 atom stereocenters. The lowest BCUT2D eigenvalue weighted by atomic mass is 9.98. The first-order valence-corrected chi connectivity index (χ1v) is 9.47. The zero-order valence-corrected chi connectivity index (χ0v) is 14.8. The lowest BCUT2D eigenvalue weighted by Gasteiger charge is -2.20. The van der Waals surface area contributed by atoms with Crippen LogP contribution in [0.25, 0.3) is 16.8 Å². The van der Waals surface area contributed by atoms with E-state index in [1.165, 1.54) is 41.5 Å². The minimum absolute atomic E-state index is 0.0151. The number of alkyl halides is 2. The van der Waals surface area contributed by atoms with Gasteiger partial charge in [-0.3, -0.25) is 0 Å². The van der Waals surface area contributed by atoms with E-state index >= 15 is 0 Å². The Morgan fingerprint density at radius 1 is 1.12 bits per heavy atom. The zero-order valence-electron chi connectivity index (χ0n) is 13.9. The highest BCUT2D eigenvalue weighted by molar-refractivity contribution is 7.90. The minimum Gasteiger partial charge on any atom is -0.306 e. The summed E-state index contributed by atoms with van der Waals surface area (Å²) < 4.78 is 67.6. The number of halogens is 3. The molecule has 0 N–H and O–H groups in total. The topological polar surface area (TPSA) is 52.0 Å². The van der Waals surface area contributed by atoms with E-state index in [-0.39, 0.29) is 21.7 Å². The van der Waals surface area contributed by atoms with Crippen LogP contribution in [0, 0.1) is 5.82 Å². The van der Waals surface area contributed by atoms with Crippen LogP contribution >= 0.6 is 0 Å². The summed E-state index contributed by atoms with van der Waals surface area (Å²) in [6.07, 6.45) is 5.17. The molecule has 3 aromatic rings. The first kappa shape index (κ1) is 18.2. The summed E-state index contributed by atoms with van der Waals surface area (Å²) in [5.74, 6) is -3.74. The van der Waals surface area contributed by atoms with E-state index in [9.17, 15) is 21.6 Å². The van der Waals surface area contributed by atoms with E-state index in [1.54, 1.807) is 0 Å². The predicted octanol–water partition coefficient (Wildman–Crippen LogP) is 4.19. The first-order valence-electron chi connectivity index (χ1n) is 7.58. The van der Waals surface area contributed by atoms with E-state index in [1.807, 2.05) is 0 Å². The number of imidazole rings is 1. The Labute approximate surface area is 148 Å². The quantitative estimate of drug-likeness (QED) is 0.682. The largest absolute Gasteiger partial charge is 0.306 e. The molecule has 1 aromatic heterocycles. The summed E-state index contributed by atoms with van der Waals surface area (Å²) in [7, 11) is -3.74. The third-order valence-electron chi connectivity index (χ3n) is 3.91. The molecule has 0 aliphatic rings. The Kier molecular flexibility index (Phi) is 4.39. The molecular weight excluding hydrogens is 365 g/mol. The van der Waals surface area contributed by atoms with Gasteiger partial charge in [-0.25, -0.2) is 26.6 Å². The van der Waals surface area contributed by atoms with Gasteiger partial charge in [-0.2, -0.15) is 0 Å². The van der Waals surface area contributed by atoms with E-state index in [0.717, 1.165) is 31.4 Å². The highest BCUT2D eigenvalue weighted by atomic mass is 32.2. The fourth-order valence-electron chi connectivity index (χ4n) is 2.70. The van der Waals surface area contributed by atoms with Gasteiger partial charge in [0.05, 0.1) is 16.9 Å². The molecular formula is C18H15F3N2O2S. The molecule has 4 nitrogen and oxygen atoms in total. The first-order chi connectivity index (χ1) is 12.1. The molecule has 0 spiro atoms. The van der Waals surface area contributed by atoms with Gasteiger partial charge in [0, 0.05) is 36.7 Å². The van der Waals surface area contributed by atoms with Gasteiger partial charge in [-0.05, 0) is 29.8 Å². The van der Waals surface area contributed by atoms with Crippen molar-refractivity contribution in [3.8, 4) is 16.8 Å². The van der Waals surface area contributed by atoms with E-state index in [4.69, 9.17) is 0 Å². The average Bonchev–Trinajstić information content (AvgIpc) is 3.07. The van der Waals surface area contributed by atoms with Crippen LogP contribution in [0.2, 0.25) is 0 Å². The molecule has 0 unspecified atom stereocenters. The lowest BCUT2D eigenvalue weighted by molar-refractivity contribution is 0.0174. The van der Waals surface area contributed by atoms with E-state index in [0.29, 0.717) is 5.56 Å². The summed E-state index contributed by atoms with van der Waals surface area (Å²) in [4.78, 5) is 3.71. The molecule has 3 rings (SSSR count). The van der Waals surface area contributed by atoms with Crippen LogP contribution in [0.5, 0.6) is 0 Å². The minimum atomic E-state index is -3.74. The second-order valence-corrected chi connectivity index (χ2v) is 7.99. The monoisotopic (exact) mass is 380 g/mol. The molecule has 0 fully saturated rings. The maximum atomic E-state index is 14.3. The Balaban J connectivity index is 2.39. The molecule has 136 valence electrons. The molecule has 0 aliphatic carbocycles. The smallest absolute Gasteiger partial charge is 0.272 e. The highest BCUT2D eigenvalue weighted by Crippen LogP contribution is 2.39. The zero-order chi connectivity index (χ0) is 19.1. The van der Waals surface area contributed by atoms with Crippen LogP contribution in [-0.4, -0.2) is 24.2 Å². The molecule has 0 saturated heterocycles. The summed E-state index contributed by atoms with van der Waals surface area (Å²) in [5.41, 5.74) is 0.0749. The lowest BCUT2D eigenvalue weighted by Crippen LogP contribution is -2.14. The average molecular weight is 380 g/mol. The van der Waals surface area contributed by atoms with Crippen LogP contribution in [0.4, 0.5) is 13.2 Å². The number of rotatable bonds is 4. The molecule has 8 heteroatoms. The summed E-state index contributed by atoms with van der Waals surface area (Å²) >= 11 is 0. The Hall–Kier alpha value is -2.61. The fraction of sp³-hybridized carbons (Fsp3) is 0.167. The third-order valence-corrected chi connectivity index (χ3v) is 5.04. The van der Waals surface area contributed by atoms with Gasteiger partial charge in [-0.1, -0.05) is 12.1 Å². The molecule has 26 heavy (non-hydrogen) atoms. The van der Waals surface area contributed by atoms with Crippen LogP contribution in [0.15, 0.2) is 60.0 Å². The summed E-state index contributed by atoms with van der Waals surface area (Å²) in [6.45, 7) is 0.733. The second kappa shape index (κ2) is 6.28. The van der Waals surface area contributed by atoms with E-state index < -0.39 is 21.6 Å². The maximum absolute atomic E-state index is 14.3. The van der Waals surface area contributed by atoms with Crippen molar-refractivity contribution in [2.45, 2.75) is 17.7 Å². The van der Waals surface area contributed by atoms with Crippen molar-refractivity contribution in [3.05, 3.63) is 66.5 Å². The van der Waals surface area contributed by atoms with Gasteiger partial charge in [0.1, 0.15) is 5.82 Å². The van der Waals surface area contributed by atoms with Crippen molar-refractivity contribution in [1.29, 1.82) is 0 Å². The SMILES string of the molecule is CC(F)(F)c1cc(-c2ccc(F)cc2)c(S(C)(=O)=O)cc1-n1ccnc1. The molecule has 1 heterocycles. The maximum Gasteiger partial charge on any atom is 0.272 e. The highest BCUT2D eigenvalue weighted by Gasteiger charge is 2.31. The number of hydrogen-bond acceptors (Lipinski definition) is 3. The molecule has 2 aromatic carbocycles. The summed E-state index contributed by atoms with van der Waals surface area (Å²) in [5, 5.41) is 0. The molecule has 0 bridgehead atoms. The number of nitrogens with zero attached hydrogens (tertiary/aromatic N) is 2. The van der Waals surface area contributed by atoms with Gasteiger partial charge in [0.25, 0.3) is 5.92 Å². The summed E-state index contributed by atoms with van der Waals surface area (Å²) in [6, 6.07) is 7.34. The van der Waals surface area contributed by atoms with Crippen molar-refractivity contribution in [1.82, 2.24) is 9.55 Å². The van der Waals surface area contributed by atoms with Crippen molar-refractivity contribution >= 4 is 9.84 Å². The van der Waals surface area contributed by atoms with Crippen LogP contribution in [-0.2, 0) is 15.8 Å². The van der Waals surface area contributed by atoms with Crippen molar-refractivity contribution in [3.63, 3.8) is 0 Å². The van der Waals surface area contributed by atoms with Gasteiger partial charge in [0.2, 0.25) is 0 Å². The second-order valence-electron chi connectivity index (χ2n) is 6.00. The molecule has 0 amide bonds. The normalized spacial score (nSPS) is 12.3. The van der Waals surface area contributed by atoms with Gasteiger partial charge < -0.3 is 4.57 Å². The van der Waals surface area contributed by atoms with Crippen LogP contribution in [0.1, 0.15) is 12.5 Å². The van der Waals surface area contributed by atoms with Crippen molar-refractivity contribution in [2.75, 3.05) is 6.26 Å². The molecule has 0 aliphatic heterocycles. The van der Waals surface area contributed by atoms with E-state index in [2.05, 4.69) is 4.98 Å². The van der Waals surface area contributed by atoms with Gasteiger partial charge in [-0.15, -0.1) is 0 Å². The Morgan fingerprint density at radius 3 is 2.27 bits per heavy atom. The number of aromatic nitrogens is 2. The Morgan fingerprint density at radius 2 is 1.77 bits per heavy atom. The molecule has 0 saturated carbocycles. The van der Waals surface area contributed by atoms with Crippen molar-refractivity contribution < 1.29 is 21.6 Å². The van der Waals surface area contributed by atoms with Gasteiger partial charge in [0.15, 0.2) is 9.84 Å². The number of benzene rings is 2. The Bertz CT molecular complexity index is 1040. The van der Waals surface area contributed by atoms with Crippen molar-refractivity contribution in [2.24, 2.45) is 0 Å². The predicted molar refractivity (Wildman–Crippen MR) is 91.6 cm³/mol.